The van der Waals surface area contributed by atoms with E-state index in [0.717, 1.165) is 38.5 Å². The molecule has 21 atom stereocenters. The van der Waals surface area contributed by atoms with E-state index in [0.29, 0.717) is 12.3 Å². The van der Waals surface area contributed by atoms with Crippen LogP contribution in [-0.4, -0.2) is 145 Å². The fraction of sp³-hybridized carbons (Fsp3) is 0.878. The predicted octanol–water partition coefficient (Wildman–Crippen LogP) is 2.00. The minimum atomic E-state index is -1.56. The standard InChI is InChI=1S/C41H60O15/c1-19-34(53-30-17-26(48-6)35(20(2)50-30)54-36-33(45)32(44)31(43)27(18-42)52-36)25(47-5)16-29(49-19)51-22-9-12-38(3)21(15-22)7-8-24-23(38)10-13-40-28-11-14-41(24,40)56-39(28,4)55-37(40)46/h7-8,15,19-20,22-36,42-45H,9-14,16-18H2,1-6H3/t19-,20+,22+,23+,24-,25+,26-,27-,28-,29+,30+,31-,32+,33-,34-,35+,36+,38+,39-,40-,41+/m1/s1. The molecule has 0 aromatic carbocycles. The highest BCUT2D eigenvalue weighted by Gasteiger charge is 2.86. The SMILES string of the molecule is CO[C@H]1C[C@H](O[C@@H]2C=C3C=C[C@@H]4[C@H](CC[C@@]56C(=O)O[C@]7(C)O[C@@]45CC[C@H]76)[C@@]3(C)CC2)O[C@H](C)[C@H]1O[C@H]1C[C@@H](OC)[C@@H](O[C@@H]2O[C@H](CO)[C@@H](O)[C@H](O)[C@H]2O)[C@H](C)O1. The van der Waals surface area contributed by atoms with Gasteiger partial charge in [0.15, 0.2) is 18.9 Å². The molecular weight excluding hydrogens is 732 g/mol. The Labute approximate surface area is 327 Å². The number of rotatable bonds is 9. The van der Waals surface area contributed by atoms with E-state index in [4.69, 9.17) is 47.4 Å². The van der Waals surface area contributed by atoms with Gasteiger partial charge in [-0.25, -0.2) is 0 Å². The molecule has 0 amide bonds. The first-order valence-corrected chi connectivity index (χ1v) is 20.7. The van der Waals surface area contributed by atoms with Crippen LogP contribution < -0.4 is 0 Å². The molecule has 1 spiro atoms. The van der Waals surface area contributed by atoms with Crippen LogP contribution in [0.2, 0.25) is 0 Å². The number of carbonyl (C=O) groups is 1. The van der Waals surface area contributed by atoms with Gasteiger partial charge in [0.2, 0.25) is 5.79 Å². The van der Waals surface area contributed by atoms with Crippen molar-refractivity contribution in [2.45, 2.75) is 176 Å². The van der Waals surface area contributed by atoms with Crippen molar-refractivity contribution in [2.24, 2.45) is 28.6 Å². The van der Waals surface area contributed by atoms with Crippen LogP contribution in [0.1, 0.15) is 79.1 Å². The fourth-order valence-corrected chi connectivity index (χ4v) is 12.8. The van der Waals surface area contributed by atoms with E-state index < -0.39 is 97.2 Å². The summed E-state index contributed by atoms with van der Waals surface area (Å²) in [6, 6.07) is 0. The van der Waals surface area contributed by atoms with E-state index in [1.165, 1.54) is 5.57 Å². The van der Waals surface area contributed by atoms with Crippen LogP contribution in [-0.2, 0) is 52.2 Å². The van der Waals surface area contributed by atoms with Gasteiger partial charge in [0.05, 0.1) is 42.7 Å². The molecule has 9 aliphatic rings. The summed E-state index contributed by atoms with van der Waals surface area (Å²) in [6.45, 7) is 7.53. The number of hydrogen-bond donors (Lipinski definition) is 4. The normalized spacial score (nSPS) is 55.9. The quantitative estimate of drug-likeness (QED) is 0.248. The summed E-state index contributed by atoms with van der Waals surface area (Å²) in [6.07, 6.45) is 1.72. The number of methoxy groups -OCH3 is 2. The predicted molar refractivity (Wildman–Crippen MR) is 192 cm³/mol. The number of hydrogen-bond acceptors (Lipinski definition) is 15. The van der Waals surface area contributed by atoms with E-state index in [1.807, 2.05) is 13.8 Å². The number of aliphatic hydroxyl groups is 4. The third-order valence-corrected chi connectivity index (χ3v) is 15.5. The lowest BCUT2D eigenvalue weighted by molar-refractivity contribution is -0.353. The second-order valence-electron chi connectivity index (χ2n) is 18.2. The molecule has 0 aromatic heterocycles. The molecule has 0 radical (unpaired) electrons. The molecule has 7 fully saturated rings. The van der Waals surface area contributed by atoms with Gasteiger partial charge in [-0.2, -0.15) is 0 Å². The maximum Gasteiger partial charge on any atom is 0.318 e. The smallest absolute Gasteiger partial charge is 0.318 e. The van der Waals surface area contributed by atoms with Gasteiger partial charge < -0.3 is 67.8 Å². The summed E-state index contributed by atoms with van der Waals surface area (Å²) in [5.74, 6) is -0.145. The Morgan fingerprint density at radius 3 is 2.18 bits per heavy atom. The summed E-state index contributed by atoms with van der Waals surface area (Å²) < 4.78 is 61.9. The van der Waals surface area contributed by atoms with Crippen molar-refractivity contribution in [1.82, 2.24) is 0 Å². The molecule has 0 unspecified atom stereocenters. The number of esters is 1. The molecule has 15 nitrogen and oxygen atoms in total. The number of aliphatic hydroxyl groups excluding tert-OH is 4. The van der Waals surface area contributed by atoms with Crippen molar-refractivity contribution >= 4 is 5.97 Å². The zero-order chi connectivity index (χ0) is 39.5. The van der Waals surface area contributed by atoms with Gasteiger partial charge in [-0.1, -0.05) is 25.2 Å². The zero-order valence-electron chi connectivity index (χ0n) is 33.2. The second-order valence-corrected chi connectivity index (χ2v) is 18.2. The molecule has 2 saturated carbocycles. The van der Waals surface area contributed by atoms with E-state index in [-0.39, 0.29) is 41.8 Å². The lowest BCUT2D eigenvalue weighted by atomic mass is 9.47. The molecule has 56 heavy (non-hydrogen) atoms. The van der Waals surface area contributed by atoms with Gasteiger partial charge in [0.1, 0.15) is 42.0 Å². The average molecular weight is 793 g/mol. The third-order valence-electron chi connectivity index (χ3n) is 15.5. The Bertz CT molecular complexity index is 1570. The van der Waals surface area contributed by atoms with Gasteiger partial charge in [0, 0.05) is 45.8 Å². The highest BCUT2D eigenvalue weighted by molar-refractivity contribution is 5.84. The van der Waals surface area contributed by atoms with Crippen LogP contribution in [0.4, 0.5) is 0 Å². The average Bonchev–Trinajstić information content (AvgIpc) is 3.72. The maximum atomic E-state index is 13.4. The Balaban J connectivity index is 0.828. The van der Waals surface area contributed by atoms with Crippen LogP contribution in [0.5, 0.6) is 0 Å². The maximum absolute atomic E-state index is 13.4. The van der Waals surface area contributed by atoms with Crippen LogP contribution in [0, 0.1) is 28.6 Å². The first kappa shape index (κ1) is 39.9. The van der Waals surface area contributed by atoms with Crippen LogP contribution in [0.15, 0.2) is 23.8 Å². The number of fused-ring (bicyclic) bond motifs is 3. The first-order valence-electron chi connectivity index (χ1n) is 20.7. The van der Waals surface area contributed by atoms with E-state index in [1.54, 1.807) is 21.1 Å². The van der Waals surface area contributed by atoms with Crippen molar-refractivity contribution in [3.8, 4) is 0 Å². The van der Waals surface area contributed by atoms with Gasteiger partial charge in [-0.05, 0) is 69.3 Å². The first-order chi connectivity index (χ1) is 26.7. The van der Waals surface area contributed by atoms with E-state index in [2.05, 4.69) is 25.2 Å². The lowest BCUT2D eigenvalue weighted by Gasteiger charge is -2.59. The van der Waals surface area contributed by atoms with Crippen LogP contribution >= 0.6 is 0 Å². The van der Waals surface area contributed by atoms with Crippen molar-refractivity contribution in [2.75, 3.05) is 20.8 Å². The highest BCUT2D eigenvalue weighted by atomic mass is 16.8. The molecule has 15 heteroatoms. The molecule has 4 bridgehead atoms. The number of allylic oxidation sites excluding steroid dienone is 2. The van der Waals surface area contributed by atoms with Crippen molar-refractivity contribution in [1.29, 1.82) is 0 Å². The molecule has 5 saturated heterocycles. The summed E-state index contributed by atoms with van der Waals surface area (Å²) >= 11 is 0. The second kappa shape index (κ2) is 14.3. The molecule has 5 heterocycles. The molecule has 5 aliphatic heterocycles. The summed E-state index contributed by atoms with van der Waals surface area (Å²) in [5.41, 5.74) is 0.250. The fourth-order valence-electron chi connectivity index (χ4n) is 12.8. The minimum absolute atomic E-state index is 0.0405. The Morgan fingerprint density at radius 1 is 0.821 bits per heavy atom. The van der Waals surface area contributed by atoms with Crippen LogP contribution in [0.3, 0.4) is 0 Å². The lowest BCUT2D eigenvalue weighted by Crippen LogP contribution is -2.63. The van der Waals surface area contributed by atoms with Gasteiger partial charge in [0.25, 0.3) is 0 Å². The van der Waals surface area contributed by atoms with Crippen LogP contribution in [0.25, 0.3) is 0 Å². The molecule has 4 N–H and O–H groups in total. The Hall–Kier alpha value is -1.57. The Morgan fingerprint density at radius 2 is 1.50 bits per heavy atom. The van der Waals surface area contributed by atoms with E-state index >= 15 is 0 Å². The molecular formula is C41H60O15. The highest BCUT2D eigenvalue weighted by Crippen LogP contribution is 2.78. The molecule has 0 aromatic rings. The van der Waals surface area contributed by atoms with Crippen molar-refractivity contribution < 1.29 is 72.6 Å². The van der Waals surface area contributed by atoms with E-state index in [9.17, 15) is 25.2 Å². The third kappa shape index (κ3) is 5.74. The van der Waals surface area contributed by atoms with Crippen molar-refractivity contribution in [3.05, 3.63) is 23.8 Å². The van der Waals surface area contributed by atoms with Crippen molar-refractivity contribution in [3.63, 3.8) is 0 Å². The Kier molecular flexibility index (Phi) is 10.2. The monoisotopic (exact) mass is 792 g/mol. The summed E-state index contributed by atoms with van der Waals surface area (Å²) in [7, 11) is 3.19. The topological polar surface area (TPSA) is 190 Å². The largest absolute Gasteiger partial charge is 0.432 e. The number of carbonyl (C=O) groups excluding carboxylic acids is 1. The number of ether oxygens (including phenoxy) is 10. The van der Waals surface area contributed by atoms with Gasteiger partial charge in [-0.15, -0.1) is 0 Å². The minimum Gasteiger partial charge on any atom is -0.432 e. The molecule has 4 aliphatic carbocycles. The van der Waals surface area contributed by atoms with Gasteiger partial charge >= 0.3 is 5.97 Å². The summed E-state index contributed by atoms with van der Waals surface area (Å²) in [4.78, 5) is 13.4. The summed E-state index contributed by atoms with van der Waals surface area (Å²) in [5, 5.41) is 40.6. The van der Waals surface area contributed by atoms with Gasteiger partial charge in [-0.3, -0.25) is 4.79 Å². The molecule has 9 rings (SSSR count). The molecule has 314 valence electrons. The zero-order valence-corrected chi connectivity index (χ0v) is 33.2.